The third-order valence-corrected chi connectivity index (χ3v) is 5.50. The van der Waals surface area contributed by atoms with Crippen molar-refractivity contribution in [3.63, 3.8) is 0 Å². The van der Waals surface area contributed by atoms with Gasteiger partial charge in [0.1, 0.15) is 5.01 Å². The maximum atomic E-state index is 12.3. The summed E-state index contributed by atoms with van der Waals surface area (Å²) < 4.78 is 1.22. The largest absolute Gasteiger partial charge is 0.325 e. The van der Waals surface area contributed by atoms with Gasteiger partial charge in [-0.15, -0.1) is 11.3 Å². The van der Waals surface area contributed by atoms with Gasteiger partial charge in [0.2, 0.25) is 5.91 Å². The summed E-state index contributed by atoms with van der Waals surface area (Å²) in [5.74, 6) is 0.0363. The molecular formula is C19H19N3OS. The number of rotatable bonds is 4. The minimum atomic E-state index is 0.0363. The van der Waals surface area contributed by atoms with Gasteiger partial charge in [-0.2, -0.15) is 0 Å². The molecule has 0 radical (unpaired) electrons. The number of fused-ring (bicyclic) bond motifs is 1. The van der Waals surface area contributed by atoms with E-state index in [-0.39, 0.29) is 11.9 Å². The molecule has 1 aliphatic rings. The quantitative estimate of drug-likeness (QED) is 0.780. The van der Waals surface area contributed by atoms with Gasteiger partial charge in [-0.3, -0.25) is 9.69 Å². The van der Waals surface area contributed by atoms with E-state index in [0.717, 1.165) is 35.6 Å². The van der Waals surface area contributed by atoms with E-state index >= 15 is 0 Å². The Morgan fingerprint density at radius 3 is 2.79 bits per heavy atom. The van der Waals surface area contributed by atoms with Gasteiger partial charge >= 0.3 is 0 Å². The summed E-state index contributed by atoms with van der Waals surface area (Å²) in [6.07, 6.45) is 2.18. The highest BCUT2D eigenvalue weighted by molar-refractivity contribution is 7.18. The van der Waals surface area contributed by atoms with Gasteiger partial charge < -0.3 is 5.32 Å². The fourth-order valence-corrected chi connectivity index (χ4v) is 4.37. The van der Waals surface area contributed by atoms with Crippen molar-refractivity contribution < 1.29 is 4.79 Å². The molecule has 1 aromatic heterocycles. The molecule has 2 heterocycles. The van der Waals surface area contributed by atoms with Crippen molar-refractivity contribution in [2.24, 2.45) is 0 Å². The van der Waals surface area contributed by atoms with Crippen LogP contribution in [0.3, 0.4) is 0 Å². The van der Waals surface area contributed by atoms with Crippen molar-refractivity contribution >= 4 is 33.1 Å². The first kappa shape index (κ1) is 15.3. The van der Waals surface area contributed by atoms with Gasteiger partial charge in [-0.1, -0.05) is 30.3 Å². The fourth-order valence-electron chi connectivity index (χ4n) is 3.23. The first-order chi connectivity index (χ1) is 11.8. The fraction of sp³-hybridized carbons (Fsp3) is 0.263. The molecule has 1 unspecified atom stereocenters. The maximum Gasteiger partial charge on any atom is 0.238 e. The van der Waals surface area contributed by atoms with Crippen molar-refractivity contribution in [1.29, 1.82) is 0 Å². The molecule has 1 fully saturated rings. The Balaban J connectivity index is 1.47. The molecule has 4 nitrogen and oxygen atoms in total. The average Bonchev–Trinajstić information content (AvgIpc) is 3.21. The number of nitrogens with one attached hydrogen (secondary N) is 1. The molecule has 2 aromatic carbocycles. The topological polar surface area (TPSA) is 45.2 Å². The van der Waals surface area contributed by atoms with E-state index in [1.54, 1.807) is 11.3 Å². The number of carbonyl (C=O) groups is 1. The Bertz CT molecular complexity index is 813. The van der Waals surface area contributed by atoms with Crippen LogP contribution in [0.5, 0.6) is 0 Å². The molecule has 1 saturated heterocycles. The van der Waals surface area contributed by atoms with Crippen LogP contribution < -0.4 is 5.32 Å². The zero-order chi connectivity index (χ0) is 16.4. The number of likely N-dealkylation sites (tertiary alicyclic amines) is 1. The highest BCUT2D eigenvalue weighted by Crippen LogP contribution is 2.36. The Morgan fingerprint density at radius 1 is 1.17 bits per heavy atom. The van der Waals surface area contributed by atoms with E-state index in [1.165, 1.54) is 4.70 Å². The molecular weight excluding hydrogens is 318 g/mol. The Morgan fingerprint density at radius 2 is 1.96 bits per heavy atom. The molecule has 122 valence electrons. The monoisotopic (exact) mass is 337 g/mol. The second kappa shape index (κ2) is 6.71. The zero-order valence-corrected chi connectivity index (χ0v) is 14.1. The predicted molar refractivity (Wildman–Crippen MR) is 98.2 cm³/mol. The molecule has 0 bridgehead atoms. The minimum Gasteiger partial charge on any atom is -0.325 e. The van der Waals surface area contributed by atoms with Crippen molar-refractivity contribution in [1.82, 2.24) is 9.88 Å². The van der Waals surface area contributed by atoms with E-state index in [1.807, 2.05) is 42.5 Å². The average molecular weight is 337 g/mol. The lowest BCUT2D eigenvalue weighted by atomic mass is 10.2. The number of amides is 1. The summed E-state index contributed by atoms with van der Waals surface area (Å²) in [5.41, 5.74) is 1.90. The number of aromatic nitrogens is 1. The normalized spacial score (nSPS) is 18.1. The van der Waals surface area contributed by atoms with Crippen molar-refractivity contribution in [2.75, 3.05) is 18.4 Å². The molecule has 1 aliphatic heterocycles. The van der Waals surface area contributed by atoms with Crippen molar-refractivity contribution in [2.45, 2.75) is 18.9 Å². The number of anilines is 1. The van der Waals surface area contributed by atoms with Crippen LogP contribution in [-0.4, -0.2) is 28.9 Å². The summed E-state index contributed by atoms with van der Waals surface area (Å²) in [4.78, 5) is 19.4. The van der Waals surface area contributed by atoms with Crippen LogP contribution in [0.25, 0.3) is 10.2 Å². The highest BCUT2D eigenvalue weighted by Gasteiger charge is 2.30. The summed E-state index contributed by atoms with van der Waals surface area (Å²) in [5, 5.41) is 4.10. The summed E-state index contributed by atoms with van der Waals surface area (Å²) >= 11 is 1.74. The van der Waals surface area contributed by atoms with Crippen molar-refractivity contribution in [3.05, 3.63) is 59.6 Å². The van der Waals surface area contributed by atoms with Gasteiger partial charge in [-0.05, 0) is 43.7 Å². The van der Waals surface area contributed by atoms with Gasteiger partial charge in [-0.25, -0.2) is 4.98 Å². The lowest BCUT2D eigenvalue weighted by molar-refractivity contribution is -0.117. The molecule has 3 aromatic rings. The highest BCUT2D eigenvalue weighted by atomic mass is 32.1. The molecule has 1 atom stereocenters. The summed E-state index contributed by atoms with van der Waals surface area (Å²) in [6, 6.07) is 18.1. The van der Waals surface area contributed by atoms with Gasteiger partial charge in [0, 0.05) is 5.69 Å². The van der Waals surface area contributed by atoms with E-state index in [9.17, 15) is 4.79 Å². The SMILES string of the molecule is O=C(CN1CCCC1c1nc2ccccc2s1)Nc1ccccc1. The Labute approximate surface area is 145 Å². The van der Waals surface area contributed by atoms with Crippen molar-refractivity contribution in [3.8, 4) is 0 Å². The van der Waals surface area contributed by atoms with Crippen LogP contribution in [-0.2, 0) is 4.79 Å². The third-order valence-electron chi connectivity index (χ3n) is 4.36. The van der Waals surface area contributed by atoms with E-state index < -0.39 is 0 Å². The molecule has 4 rings (SSSR count). The Hall–Kier alpha value is -2.24. The molecule has 0 spiro atoms. The number of para-hydroxylation sites is 2. The van der Waals surface area contributed by atoms with Crippen LogP contribution in [0.15, 0.2) is 54.6 Å². The van der Waals surface area contributed by atoms with Crippen LogP contribution >= 0.6 is 11.3 Å². The summed E-state index contributed by atoms with van der Waals surface area (Å²) in [6.45, 7) is 1.36. The lowest BCUT2D eigenvalue weighted by Crippen LogP contribution is -2.32. The minimum absolute atomic E-state index is 0.0363. The Kier molecular flexibility index (Phi) is 4.28. The zero-order valence-electron chi connectivity index (χ0n) is 13.3. The standard InChI is InChI=1S/C19H19N3OS/c23-18(20-14-7-2-1-3-8-14)13-22-12-6-10-16(22)19-21-15-9-4-5-11-17(15)24-19/h1-5,7-9,11,16H,6,10,12-13H2,(H,20,23). The van der Waals surface area contributed by atoms with Gasteiger partial charge in [0.15, 0.2) is 0 Å². The summed E-state index contributed by atoms with van der Waals surface area (Å²) in [7, 11) is 0. The van der Waals surface area contributed by atoms with E-state index in [2.05, 4.69) is 22.3 Å². The number of hydrogen-bond donors (Lipinski definition) is 1. The van der Waals surface area contributed by atoms with E-state index in [0.29, 0.717) is 6.54 Å². The predicted octanol–water partition coefficient (Wildman–Crippen LogP) is 4.07. The smallest absolute Gasteiger partial charge is 0.238 e. The molecule has 5 heteroatoms. The van der Waals surface area contributed by atoms with Crippen LogP contribution in [0.1, 0.15) is 23.9 Å². The number of carbonyl (C=O) groups excluding carboxylic acids is 1. The first-order valence-electron chi connectivity index (χ1n) is 8.24. The molecule has 0 saturated carbocycles. The molecule has 24 heavy (non-hydrogen) atoms. The van der Waals surface area contributed by atoms with Gasteiger partial charge in [0.05, 0.1) is 22.8 Å². The second-order valence-electron chi connectivity index (χ2n) is 6.06. The van der Waals surface area contributed by atoms with Gasteiger partial charge in [0.25, 0.3) is 0 Å². The number of hydrogen-bond acceptors (Lipinski definition) is 4. The molecule has 1 amide bonds. The third kappa shape index (κ3) is 3.18. The maximum absolute atomic E-state index is 12.3. The molecule has 0 aliphatic carbocycles. The van der Waals surface area contributed by atoms with Crippen LogP contribution in [0, 0.1) is 0 Å². The number of thiazole rings is 1. The second-order valence-corrected chi connectivity index (χ2v) is 7.12. The number of nitrogens with zero attached hydrogens (tertiary/aromatic N) is 2. The van der Waals surface area contributed by atoms with Crippen LogP contribution in [0.2, 0.25) is 0 Å². The van der Waals surface area contributed by atoms with Crippen LogP contribution in [0.4, 0.5) is 5.69 Å². The van der Waals surface area contributed by atoms with E-state index in [4.69, 9.17) is 4.98 Å². The molecule has 1 N–H and O–H groups in total. The lowest BCUT2D eigenvalue weighted by Gasteiger charge is -2.22. The first-order valence-corrected chi connectivity index (χ1v) is 9.06. The number of benzene rings is 2.